The summed E-state index contributed by atoms with van der Waals surface area (Å²) in [5, 5.41) is 0. The van der Waals surface area contributed by atoms with Gasteiger partial charge >= 0.3 is 23.9 Å². The first-order chi connectivity index (χ1) is 12.1. The first kappa shape index (κ1) is 21.8. The van der Waals surface area contributed by atoms with Gasteiger partial charge in [0, 0.05) is 34.3 Å². The van der Waals surface area contributed by atoms with Crippen LogP contribution in [0.1, 0.15) is 34.6 Å². The zero-order valence-corrected chi connectivity index (χ0v) is 15.4. The quantitative estimate of drug-likeness (QED) is 0.446. The minimum Gasteiger partial charge on any atom is -0.463 e. The second-order valence-electron chi connectivity index (χ2n) is 5.52. The average Bonchev–Trinajstić information content (AvgIpc) is 2.50. The van der Waals surface area contributed by atoms with Gasteiger partial charge in [0.1, 0.15) is 12.7 Å². The highest BCUT2D eigenvalue weighted by atomic mass is 16.7. The predicted octanol–water partition coefficient (Wildman–Crippen LogP) is 0.106. The smallest absolute Gasteiger partial charge is 0.303 e. The molecule has 0 N–H and O–H groups in total. The van der Waals surface area contributed by atoms with Gasteiger partial charge in [-0.3, -0.25) is 19.2 Å². The topological polar surface area (TPSA) is 124 Å². The zero-order chi connectivity index (χ0) is 19.9. The van der Waals surface area contributed by atoms with Gasteiger partial charge in [-0.25, -0.2) is 0 Å². The number of esters is 4. The molecular formula is C16H24O10. The van der Waals surface area contributed by atoms with Crippen LogP contribution in [0.2, 0.25) is 0 Å². The molecule has 148 valence electrons. The highest BCUT2D eigenvalue weighted by Crippen LogP contribution is 2.29. The third kappa shape index (κ3) is 6.60. The third-order valence-electron chi connectivity index (χ3n) is 3.28. The van der Waals surface area contributed by atoms with Gasteiger partial charge in [-0.1, -0.05) is 0 Å². The van der Waals surface area contributed by atoms with E-state index < -0.39 is 54.6 Å². The van der Waals surface area contributed by atoms with Crippen LogP contribution in [0.15, 0.2) is 0 Å². The van der Waals surface area contributed by atoms with Crippen LogP contribution >= 0.6 is 0 Å². The lowest BCUT2D eigenvalue weighted by Crippen LogP contribution is -2.62. The molecule has 1 aliphatic rings. The van der Waals surface area contributed by atoms with Gasteiger partial charge in [0.2, 0.25) is 0 Å². The van der Waals surface area contributed by atoms with Gasteiger partial charge in [-0.2, -0.15) is 0 Å². The fourth-order valence-electron chi connectivity index (χ4n) is 2.49. The van der Waals surface area contributed by atoms with Gasteiger partial charge in [-0.15, -0.1) is 0 Å². The number of carbonyl (C=O) groups is 4. The second kappa shape index (κ2) is 10.1. The molecule has 3 unspecified atom stereocenters. The van der Waals surface area contributed by atoms with Crippen LogP contribution in [-0.4, -0.2) is 67.8 Å². The Labute approximate surface area is 151 Å². The van der Waals surface area contributed by atoms with E-state index >= 15 is 0 Å². The van der Waals surface area contributed by atoms with Crippen molar-refractivity contribution in [3.8, 4) is 0 Å². The molecule has 0 bridgehead atoms. The van der Waals surface area contributed by atoms with E-state index in [1.807, 2.05) is 0 Å². The molecule has 0 radical (unpaired) electrons. The van der Waals surface area contributed by atoms with Crippen LogP contribution in [0.3, 0.4) is 0 Å². The molecule has 5 atom stereocenters. The standard InChI is InChI=1S/C16H24O10/c1-6-21-16-15(25-11(5)20)14(24-10(4)19)13(23-9(3)18)12(26-16)7-22-8(2)17/h12-16H,6-7H2,1-5H3/t12?,13-,14?,15?,16+/m0/s1. The van der Waals surface area contributed by atoms with Crippen LogP contribution in [0.4, 0.5) is 0 Å². The predicted molar refractivity (Wildman–Crippen MR) is 83.6 cm³/mol. The molecule has 0 spiro atoms. The van der Waals surface area contributed by atoms with E-state index in [1.54, 1.807) is 6.92 Å². The summed E-state index contributed by atoms with van der Waals surface area (Å²) < 4.78 is 31.7. The first-order valence-electron chi connectivity index (χ1n) is 8.07. The molecular weight excluding hydrogens is 352 g/mol. The van der Waals surface area contributed by atoms with E-state index in [0.29, 0.717) is 0 Å². The molecule has 1 fully saturated rings. The Morgan fingerprint density at radius 2 is 1.27 bits per heavy atom. The van der Waals surface area contributed by atoms with Crippen molar-refractivity contribution in [1.29, 1.82) is 0 Å². The van der Waals surface area contributed by atoms with Crippen LogP contribution in [0.25, 0.3) is 0 Å². The molecule has 0 aliphatic carbocycles. The molecule has 0 aromatic carbocycles. The van der Waals surface area contributed by atoms with Crippen molar-refractivity contribution in [3.63, 3.8) is 0 Å². The maximum Gasteiger partial charge on any atom is 0.303 e. The van der Waals surface area contributed by atoms with Gasteiger partial charge in [0.25, 0.3) is 0 Å². The van der Waals surface area contributed by atoms with E-state index in [9.17, 15) is 19.2 Å². The lowest BCUT2D eigenvalue weighted by atomic mass is 9.98. The molecule has 1 saturated heterocycles. The van der Waals surface area contributed by atoms with Crippen LogP contribution < -0.4 is 0 Å². The monoisotopic (exact) mass is 376 g/mol. The van der Waals surface area contributed by atoms with E-state index in [-0.39, 0.29) is 13.2 Å². The maximum absolute atomic E-state index is 11.5. The molecule has 0 aromatic rings. The van der Waals surface area contributed by atoms with E-state index in [0.717, 1.165) is 13.8 Å². The molecule has 1 heterocycles. The first-order valence-corrected chi connectivity index (χ1v) is 8.07. The van der Waals surface area contributed by atoms with Crippen LogP contribution in [0.5, 0.6) is 0 Å². The molecule has 0 saturated carbocycles. The Bertz CT molecular complexity index is 531. The van der Waals surface area contributed by atoms with Crippen molar-refractivity contribution in [1.82, 2.24) is 0 Å². The Morgan fingerprint density at radius 3 is 1.73 bits per heavy atom. The summed E-state index contributed by atoms with van der Waals surface area (Å²) in [6.45, 7) is 6.29. The van der Waals surface area contributed by atoms with Gasteiger partial charge in [0.05, 0.1) is 0 Å². The summed E-state index contributed by atoms with van der Waals surface area (Å²) >= 11 is 0. The fourth-order valence-corrected chi connectivity index (χ4v) is 2.49. The normalized spacial score (nSPS) is 28.0. The van der Waals surface area contributed by atoms with E-state index in [4.69, 9.17) is 28.4 Å². The molecule has 1 rings (SSSR count). The number of hydrogen-bond donors (Lipinski definition) is 0. The molecule has 26 heavy (non-hydrogen) atoms. The number of rotatable bonds is 7. The Kier molecular flexibility index (Phi) is 8.46. The van der Waals surface area contributed by atoms with Crippen molar-refractivity contribution in [3.05, 3.63) is 0 Å². The lowest BCUT2D eigenvalue weighted by molar-refractivity contribution is -0.307. The number of hydrogen-bond acceptors (Lipinski definition) is 10. The highest BCUT2D eigenvalue weighted by molar-refractivity contribution is 5.68. The van der Waals surface area contributed by atoms with Crippen molar-refractivity contribution in [2.24, 2.45) is 0 Å². The maximum atomic E-state index is 11.5. The van der Waals surface area contributed by atoms with Gasteiger partial charge in [0.15, 0.2) is 24.6 Å². The summed E-state index contributed by atoms with van der Waals surface area (Å²) in [6.07, 6.45) is -5.65. The number of ether oxygens (including phenoxy) is 6. The van der Waals surface area contributed by atoms with Gasteiger partial charge < -0.3 is 28.4 Å². The summed E-state index contributed by atoms with van der Waals surface area (Å²) in [5.41, 5.74) is 0. The summed E-state index contributed by atoms with van der Waals surface area (Å²) in [7, 11) is 0. The van der Waals surface area contributed by atoms with Crippen molar-refractivity contribution >= 4 is 23.9 Å². The molecule has 0 aromatic heterocycles. The Morgan fingerprint density at radius 1 is 0.769 bits per heavy atom. The summed E-state index contributed by atoms with van der Waals surface area (Å²) in [4.78, 5) is 45.6. The highest BCUT2D eigenvalue weighted by Gasteiger charge is 2.52. The second-order valence-corrected chi connectivity index (χ2v) is 5.52. The number of carbonyl (C=O) groups excluding carboxylic acids is 4. The molecule has 0 amide bonds. The van der Waals surface area contributed by atoms with Crippen molar-refractivity contribution in [2.75, 3.05) is 13.2 Å². The molecule has 1 aliphatic heterocycles. The van der Waals surface area contributed by atoms with E-state index in [1.165, 1.54) is 13.8 Å². The molecule has 10 nitrogen and oxygen atoms in total. The van der Waals surface area contributed by atoms with Crippen LogP contribution in [-0.2, 0) is 47.6 Å². The minimum atomic E-state index is -1.20. The largest absolute Gasteiger partial charge is 0.463 e. The van der Waals surface area contributed by atoms with Crippen molar-refractivity contribution < 1.29 is 47.6 Å². The molecule has 10 heteroatoms. The Balaban J connectivity index is 3.22. The van der Waals surface area contributed by atoms with Crippen molar-refractivity contribution in [2.45, 2.75) is 65.3 Å². The lowest BCUT2D eigenvalue weighted by Gasteiger charge is -2.43. The SMILES string of the molecule is CCO[C@@H]1OC(COC(C)=O)[C@H](OC(C)=O)C(OC(C)=O)C1OC(C)=O. The van der Waals surface area contributed by atoms with Crippen LogP contribution in [0, 0.1) is 0 Å². The zero-order valence-electron chi connectivity index (χ0n) is 15.4. The van der Waals surface area contributed by atoms with E-state index in [2.05, 4.69) is 0 Å². The summed E-state index contributed by atoms with van der Waals surface area (Å²) in [5.74, 6) is -2.61. The summed E-state index contributed by atoms with van der Waals surface area (Å²) in [6, 6.07) is 0. The Hall–Kier alpha value is -2.20. The van der Waals surface area contributed by atoms with Gasteiger partial charge in [-0.05, 0) is 6.92 Å². The minimum absolute atomic E-state index is 0.202. The average molecular weight is 376 g/mol. The fraction of sp³-hybridized carbons (Fsp3) is 0.750. The third-order valence-corrected chi connectivity index (χ3v) is 3.28.